The number of anilines is 1. The lowest BCUT2D eigenvalue weighted by Crippen LogP contribution is -2.33. The van der Waals surface area contributed by atoms with Crippen LogP contribution in [0.15, 0.2) is 12.1 Å². The maximum atomic E-state index is 11.9. The Morgan fingerprint density at radius 1 is 1.22 bits per heavy atom. The van der Waals surface area contributed by atoms with Gasteiger partial charge in [0, 0.05) is 18.8 Å². The summed E-state index contributed by atoms with van der Waals surface area (Å²) in [4.78, 5) is 18.4. The maximum Gasteiger partial charge on any atom is 0.241 e. The standard InChI is InChI=1S/C14H19N3O/c18-14(17-8-1-2-9-17)10-15-13-7-6-11-4-3-5-12(11)16-13/h6-7H,1-5,8-10H2,(H,15,16). The van der Waals surface area contributed by atoms with Crippen LogP contribution in [0.4, 0.5) is 5.82 Å². The first kappa shape index (κ1) is 11.5. The van der Waals surface area contributed by atoms with Gasteiger partial charge >= 0.3 is 0 Å². The summed E-state index contributed by atoms with van der Waals surface area (Å²) in [5.41, 5.74) is 2.57. The normalized spacial score (nSPS) is 17.9. The highest BCUT2D eigenvalue weighted by atomic mass is 16.2. The van der Waals surface area contributed by atoms with E-state index in [2.05, 4.69) is 16.4 Å². The van der Waals surface area contributed by atoms with Crippen molar-refractivity contribution in [3.05, 3.63) is 23.4 Å². The van der Waals surface area contributed by atoms with Gasteiger partial charge in [0.25, 0.3) is 0 Å². The Morgan fingerprint density at radius 3 is 2.89 bits per heavy atom. The molecule has 1 amide bonds. The van der Waals surface area contributed by atoms with E-state index in [9.17, 15) is 4.79 Å². The molecule has 0 saturated carbocycles. The SMILES string of the molecule is O=C(CNc1ccc2c(n1)CCC2)N1CCCC1. The molecular formula is C14H19N3O. The fourth-order valence-electron chi connectivity index (χ4n) is 2.76. The van der Waals surface area contributed by atoms with Crippen LogP contribution in [0, 0.1) is 0 Å². The second-order valence-corrected chi connectivity index (χ2v) is 5.10. The van der Waals surface area contributed by atoms with Gasteiger partial charge in [0.15, 0.2) is 0 Å². The third-order valence-electron chi connectivity index (χ3n) is 3.81. The fourth-order valence-corrected chi connectivity index (χ4v) is 2.76. The molecule has 1 fully saturated rings. The van der Waals surface area contributed by atoms with Crippen molar-refractivity contribution in [1.29, 1.82) is 0 Å². The van der Waals surface area contributed by atoms with Gasteiger partial charge in [-0.2, -0.15) is 0 Å². The minimum atomic E-state index is 0.190. The summed E-state index contributed by atoms with van der Waals surface area (Å²) in [5, 5.41) is 3.15. The average molecular weight is 245 g/mol. The highest BCUT2D eigenvalue weighted by molar-refractivity contribution is 5.80. The molecule has 1 aromatic heterocycles. The van der Waals surface area contributed by atoms with Crippen LogP contribution in [0.2, 0.25) is 0 Å². The fraction of sp³-hybridized carbons (Fsp3) is 0.571. The number of pyridine rings is 1. The van der Waals surface area contributed by atoms with E-state index in [1.165, 1.54) is 17.7 Å². The van der Waals surface area contributed by atoms with Crippen LogP contribution in [0.1, 0.15) is 30.5 Å². The summed E-state index contributed by atoms with van der Waals surface area (Å²) in [7, 11) is 0. The first-order valence-electron chi connectivity index (χ1n) is 6.83. The van der Waals surface area contributed by atoms with E-state index in [1.807, 2.05) is 11.0 Å². The lowest BCUT2D eigenvalue weighted by Gasteiger charge is -2.15. The van der Waals surface area contributed by atoms with Crippen molar-refractivity contribution in [3.63, 3.8) is 0 Å². The Hall–Kier alpha value is -1.58. The van der Waals surface area contributed by atoms with Crippen molar-refractivity contribution in [3.8, 4) is 0 Å². The molecule has 96 valence electrons. The average Bonchev–Trinajstić information content (AvgIpc) is 3.05. The Morgan fingerprint density at radius 2 is 2.06 bits per heavy atom. The van der Waals surface area contributed by atoms with Gasteiger partial charge in [-0.1, -0.05) is 6.07 Å². The first-order valence-corrected chi connectivity index (χ1v) is 6.83. The minimum absolute atomic E-state index is 0.190. The molecule has 0 spiro atoms. The zero-order valence-corrected chi connectivity index (χ0v) is 10.6. The monoisotopic (exact) mass is 245 g/mol. The van der Waals surface area contributed by atoms with Crippen LogP contribution < -0.4 is 5.32 Å². The smallest absolute Gasteiger partial charge is 0.241 e. The summed E-state index contributed by atoms with van der Waals surface area (Å²) in [6, 6.07) is 4.12. The Labute approximate surface area is 107 Å². The number of fused-ring (bicyclic) bond motifs is 1. The number of carbonyl (C=O) groups is 1. The van der Waals surface area contributed by atoms with Crippen molar-refractivity contribution in [2.45, 2.75) is 32.1 Å². The molecule has 1 aliphatic carbocycles. The molecule has 2 aliphatic rings. The second kappa shape index (κ2) is 4.96. The molecule has 0 radical (unpaired) electrons. The van der Waals surface area contributed by atoms with Gasteiger partial charge in [-0.05, 0) is 43.7 Å². The van der Waals surface area contributed by atoms with E-state index in [0.29, 0.717) is 6.54 Å². The zero-order valence-electron chi connectivity index (χ0n) is 10.6. The van der Waals surface area contributed by atoms with Gasteiger partial charge in [-0.15, -0.1) is 0 Å². The second-order valence-electron chi connectivity index (χ2n) is 5.10. The molecule has 1 aromatic rings. The molecule has 4 heteroatoms. The molecule has 0 bridgehead atoms. The highest BCUT2D eigenvalue weighted by Crippen LogP contribution is 2.21. The van der Waals surface area contributed by atoms with E-state index in [0.717, 1.165) is 44.6 Å². The number of aryl methyl sites for hydroxylation is 2. The number of likely N-dealkylation sites (tertiary alicyclic amines) is 1. The topological polar surface area (TPSA) is 45.2 Å². The number of amides is 1. The lowest BCUT2D eigenvalue weighted by molar-refractivity contribution is -0.128. The molecule has 0 aromatic carbocycles. The van der Waals surface area contributed by atoms with Gasteiger partial charge in [0.05, 0.1) is 6.54 Å². The van der Waals surface area contributed by atoms with Gasteiger partial charge in [0.1, 0.15) is 5.82 Å². The van der Waals surface area contributed by atoms with Crippen molar-refractivity contribution in [2.24, 2.45) is 0 Å². The predicted octanol–water partition coefficient (Wildman–Crippen LogP) is 1.60. The van der Waals surface area contributed by atoms with Crippen LogP contribution in [0.5, 0.6) is 0 Å². The molecule has 0 atom stereocenters. The summed E-state index contributed by atoms with van der Waals surface area (Å²) in [6.07, 6.45) is 5.71. The van der Waals surface area contributed by atoms with E-state index >= 15 is 0 Å². The minimum Gasteiger partial charge on any atom is -0.361 e. The number of aromatic nitrogens is 1. The molecule has 1 aliphatic heterocycles. The van der Waals surface area contributed by atoms with E-state index in [4.69, 9.17) is 0 Å². The molecule has 1 saturated heterocycles. The zero-order chi connectivity index (χ0) is 12.4. The Bertz CT molecular complexity index is 452. The number of hydrogen-bond acceptors (Lipinski definition) is 3. The number of hydrogen-bond donors (Lipinski definition) is 1. The lowest BCUT2D eigenvalue weighted by atomic mass is 10.2. The van der Waals surface area contributed by atoms with E-state index in [-0.39, 0.29) is 5.91 Å². The number of nitrogens with zero attached hydrogens (tertiary/aromatic N) is 2. The molecular weight excluding hydrogens is 226 g/mol. The molecule has 4 nitrogen and oxygen atoms in total. The third-order valence-corrected chi connectivity index (χ3v) is 3.81. The van der Waals surface area contributed by atoms with E-state index in [1.54, 1.807) is 0 Å². The van der Waals surface area contributed by atoms with Crippen molar-refractivity contribution in [1.82, 2.24) is 9.88 Å². The molecule has 1 N–H and O–H groups in total. The number of rotatable bonds is 3. The number of carbonyl (C=O) groups excluding carboxylic acids is 1. The van der Waals surface area contributed by atoms with Crippen LogP contribution in [-0.4, -0.2) is 35.4 Å². The Kier molecular flexibility index (Phi) is 3.17. The van der Waals surface area contributed by atoms with Crippen LogP contribution in [-0.2, 0) is 17.6 Å². The molecule has 0 unspecified atom stereocenters. The van der Waals surface area contributed by atoms with Gasteiger partial charge < -0.3 is 10.2 Å². The largest absolute Gasteiger partial charge is 0.361 e. The summed E-state index contributed by atoms with van der Waals surface area (Å²) < 4.78 is 0. The molecule has 18 heavy (non-hydrogen) atoms. The third kappa shape index (κ3) is 2.33. The summed E-state index contributed by atoms with van der Waals surface area (Å²) in [6.45, 7) is 2.20. The van der Waals surface area contributed by atoms with Crippen LogP contribution in [0.3, 0.4) is 0 Å². The first-order chi connectivity index (χ1) is 8.83. The molecule has 3 rings (SSSR count). The molecule has 2 heterocycles. The van der Waals surface area contributed by atoms with Gasteiger partial charge in [-0.3, -0.25) is 4.79 Å². The number of nitrogens with one attached hydrogen (secondary N) is 1. The van der Waals surface area contributed by atoms with Crippen molar-refractivity contribution in [2.75, 3.05) is 25.0 Å². The predicted molar refractivity (Wildman–Crippen MR) is 70.6 cm³/mol. The highest BCUT2D eigenvalue weighted by Gasteiger charge is 2.18. The van der Waals surface area contributed by atoms with Crippen LogP contribution >= 0.6 is 0 Å². The Balaban J connectivity index is 1.58. The maximum absolute atomic E-state index is 11.9. The van der Waals surface area contributed by atoms with Gasteiger partial charge in [-0.25, -0.2) is 4.98 Å². The quantitative estimate of drug-likeness (QED) is 0.880. The van der Waals surface area contributed by atoms with Crippen LogP contribution in [0.25, 0.3) is 0 Å². The van der Waals surface area contributed by atoms with Crippen molar-refractivity contribution < 1.29 is 4.79 Å². The van der Waals surface area contributed by atoms with Crippen molar-refractivity contribution >= 4 is 11.7 Å². The van der Waals surface area contributed by atoms with E-state index < -0.39 is 0 Å². The summed E-state index contributed by atoms with van der Waals surface area (Å²) >= 11 is 0. The summed E-state index contributed by atoms with van der Waals surface area (Å²) in [5.74, 6) is 1.03. The van der Waals surface area contributed by atoms with Gasteiger partial charge in [0.2, 0.25) is 5.91 Å².